The maximum atomic E-state index is 12.3. The lowest BCUT2D eigenvalue weighted by Gasteiger charge is -2.11. The third-order valence-electron chi connectivity index (χ3n) is 2.80. The molecule has 23 heavy (non-hydrogen) atoms. The first-order valence-corrected chi connectivity index (χ1v) is 7.40. The third-order valence-corrected chi connectivity index (χ3v) is 3.74. The van der Waals surface area contributed by atoms with E-state index in [0.717, 1.165) is 11.6 Å². The Bertz CT molecular complexity index is 693. The van der Waals surface area contributed by atoms with Crippen LogP contribution in [0.4, 0.5) is 24.5 Å². The summed E-state index contributed by atoms with van der Waals surface area (Å²) >= 11 is 16.9. The molecule has 0 aliphatic heterocycles. The molecule has 0 aromatic heterocycles. The predicted molar refractivity (Wildman–Crippen MR) is 91.2 cm³/mol. The molecule has 0 aliphatic rings. The van der Waals surface area contributed by atoms with Crippen LogP contribution in [0.5, 0.6) is 0 Å². The van der Waals surface area contributed by atoms with E-state index in [1.54, 1.807) is 12.1 Å². The second kappa shape index (κ2) is 7.51. The van der Waals surface area contributed by atoms with Crippen LogP contribution < -0.4 is 11.5 Å². The highest BCUT2D eigenvalue weighted by Gasteiger charge is 2.33. The van der Waals surface area contributed by atoms with Crippen LogP contribution in [0.3, 0.4) is 0 Å². The lowest BCUT2D eigenvalue weighted by atomic mass is 10.1. The molecule has 2 rings (SSSR count). The second-order valence-electron chi connectivity index (χ2n) is 4.85. The van der Waals surface area contributed by atoms with Crippen molar-refractivity contribution in [2.24, 2.45) is 0 Å². The minimum Gasteiger partial charge on any atom is -0.397 e. The van der Waals surface area contributed by atoms with Gasteiger partial charge in [0.2, 0.25) is 0 Å². The molecule has 4 N–H and O–H groups in total. The standard InChI is InChI=1S/C8H7ClF3N.C7H7Cl2N/c1-4-2-5(8(10,11)12)7(13)6(9)3-4;1-4-2-5(8)7(10)6(9)3-4/h2-3H,13H2,1H3;2-3H,10H2,1H3. The van der Waals surface area contributed by atoms with Crippen molar-refractivity contribution in [1.82, 2.24) is 0 Å². The van der Waals surface area contributed by atoms with Gasteiger partial charge in [0.1, 0.15) is 0 Å². The largest absolute Gasteiger partial charge is 0.418 e. The molecule has 0 fully saturated rings. The van der Waals surface area contributed by atoms with Crippen LogP contribution in [-0.2, 0) is 6.18 Å². The Kier molecular flexibility index (Phi) is 6.45. The van der Waals surface area contributed by atoms with Gasteiger partial charge in [-0.05, 0) is 49.2 Å². The lowest BCUT2D eigenvalue weighted by molar-refractivity contribution is -0.136. The number of hydrogen-bond acceptors (Lipinski definition) is 2. The normalized spacial score (nSPS) is 11.0. The molecule has 0 spiro atoms. The molecule has 2 nitrogen and oxygen atoms in total. The Balaban J connectivity index is 0.000000238. The monoisotopic (exact) mass is 384 g/mol. The molecule has 8 heteroatoms. The smallest absolute Gasteiger partial charge is 0.397 e. The molecule has 0 bridgehead atoms. The molecule has 0 saturated carbocycles. The van der Waals surface area contributed by atoms with Crippen molar-refractivity contribution in [3.63, 3.8) is 0 Å². The summed E-state index contributed by atoms with van der Waals surface area (Å²) in [6.45, 7) is 3.44. The molecule has 0 atom stereocenters. The summed E-state index contributed by atoms with van der Waals surface area (Å²) in [5, 5.41) is 0.974. The topological polar surface area (TPSA) is 52.0 Å². The molecular weight excluding hydrogens is 372 g/mol. The van der Waals surface area contributed by atoms with Crippen LogP contribution in [0.2, 0.25) is 15.1 Å². The van der Waals surface area contributed by atoms with E-state index in [4.69, 9.17) is 46.3 Å². The number of anilines is 2. The van der Waals surface area contributed by atoms with Crippen molar-refractivity contribution in [1.29, 1.82) is 0 Å². The van der Waals surface area contributed by atoms with Crippen molar-refractivity contribution >= 4 is 46.2 Å². The third kappa shape index (κ3) is 5.37. The average Bonchev–Trinajstić information content (AvgIpc) is 2.39. The summed E-state index contributed by atoms with van der Waals surface area (Å²) in [7, 11) is 0. The van der Waals surface area contributed by atoms with Crippen LogP contribution in [0, 0.1) is 13.8 Å². The molecule has 2 aromatic carbocycles. The number of halogens is 6. The summed E-state index contributed by atoms with van der Waals surface area (Å²) in [6, 6.07) is 5.93. The summed E-state index contributed by atoms with van der Waals surface area (Å²) < 4.78 is 36.8. The van der Waals surface area contributed by atoms with E-state index in [1.165, 1.54) is 13.0 Å². The van der Waals surface area contributed by atoms with Crippen LogP contribution in [0.1, 0.15) is 16.7 Å². The van der Waals surface area contributed by atoms with E-state index < -0.39 is 17.4 Å². The highest BCUT2D eigenvalue weighted by atomic mass is 35.5. The van der Waals surface area contributed by atoms with Gasteiger partial charge in [-0.25, -0.2) is 0 Å². The molecule has 0 unspecified atom stereocenters. The van der Waals surface area contributed by atoms with Gasteiger partial charge in [0, 0.05) is 0 Å². The summed E-state index contributed by atoms with van der Waals surface area (Å²) in [5.41, 5.74) is 11.3. The number of aryl methyl sites for hydroxylation is 2. The molecule has 126 valence electrons. The van der Waals surface area contributed by atoms with Gasteiger partial charge in [0.25, 0.3) is 0 Å². The van der Waals surface area contributed by atoms with Crippen molar-refractivity contribution < 1.29 is 13.2 Å². The zero-order valence-electron chi connectivity index (χ0n) is 12.2. The van der Waals surface area contributed by atoms with Gasteiger partial charge in [-0.15, -0.1) is 0 Å². The van der Waals surface area contributed by atoms with Crippen molar-refractivity contribution in [3.8, 4) is 0 Å². The van der Waals surface area contributed by atoms with Crippen LogP contribution >= 0.6 is 34.8 Å². The van der Waals surface area contributed by atoms with Gasteiger partial charge in [-0.3, -0.25) is 0 Å². The minimum absolute atomic E-state index is 0.0627. The fourth-order valence-electron chi connectivity index (χ4n) is 1.70. The van der Waals surface area contributed by atoms with Crippen LogP contribution in [-0.4, -0.2) is 0 Å². The fraction of sp³-hybridized carbons (Fsp3) is 0.200. The van der Waals surface area contributed by atoms with Crippen molar-refractivity contribution in [2.75, 3.05) is 11.5 Å². The zero-order valence-corrected chi connectivity index (χ0v) is 14.5. The van der Waals surface area contributed by atoms with Gasteiger partial charge < -0.3 is 11.5 Å². The molecular formula is C15H14Cl3F3N2. The average molecular weight is 386 g/mol. The Labute approximate surface area is 147 Å². The first-order chi connectivity index (χ1) is 10.4. The zero-order chi connectivity index (χ0) is 17.9. The number of rotatable bonds is 0. The van der Waals surface area contributed by atoms with E-state index >= 15 is 0 Å². The quantitative estimate of drug-likeness (QED) is 0.536. The number of benzene rings is 2. The highest BCUT2D eigenvalue weighted by molar-refractivity contribution is 6.38. The Morgan fingerprint density at radius 2 is 1.09 bits per heavy atom. The first-order valence-electron chi connectivity index (χ1n) is 6.27. The Hall–Kier alpha value is -1.30. The summed E-state index contributed by atoms with van der Waals surface area (Å²) in [6.07, 6.45) is -4.44. The van der Waals surface area contributed by atoms with Crippen molar-refractivity contribution in [2.45, 2.75) is 20.0 Å². The van der Waals surface area contributed by atoms with Gasteiger partial charge in [-0.1, -0.05) is 34.8 Å². The maximum absolute atomic E-state index is 12.3. The Morgan fingerprint density at radius 3 is 1.48 bits per heavy atom. The SMILES string of the molecule is Cc1cc(Cl)c(N)c(C(F)(F)F)c1.Cc1cc(Cl)c(N)c(Cl)c1. The van der Waals surface area contributed by atoms with Crippen LogP contribution in [0.25, 0.3) is 0 Å². The second-order valence-corrected chi connectivity index (χ2v) is 6.07. The van der Waals surface area contributed by atoms with E-state index in [0.29, 0.717) is 21.3 Å². The number of hydrogen-bond donors (Lipinski definition) is 2. The molecule has 0 saturated heterocycles. The van der Waals surface area contributed by atoms with Gasteiger partial charge in [0.05, 0.1) is 32.0 Å². The molecule has 0 amide bonds. The lowest BCUT2D eigenvalue weighted by Crippen LogP contribution is -2.09. The molecule has 0 aliphatic carbocycles. The number of nitrogens with two attached hydrogens (primary N) is 2. The highest BCUT2D eigenvalue weighted by Crippen LogP contribution is 2.37. The minimum atomic E-state index is -4.44. The van der Waals surface area contributed by atoms with E-state index in [1.807, 2.05) is 6.92 Å². The van der Waals surface area contributed by atoms with Crippen molar-refractivity contribution in [3.05, 3.63) is 56.0 Å². The molecule has 0 heterocycles. The number of nitrogen functional groups attached to an aromatic ring is 2. The fourth-order valence-corrected chi connectivity index (χ4v) is 2.57. The number of alkyl halides is 3. The van der Waals surface area contributed by atoms with Gasteiger partial charge in [-0.2, -0.15) is 13.2 Å². The van der Waals surface area contributed by atoms with E-state index in [2.05, 4.69) is 0 Å². The molecule has 2 aromatic rings. The summed E-state index contributed by atoms with van der Waals surface area (Å²) in [4.78, 5) is 0. The predicted octanol–water partition coefficient (Wildman–Crippen LogP) is 6.13. The van der Waals surface area contributed by atoms with Crippen LogP contribution in [0.15, 0.2) is 24.3 Å². The summed E-state index contributed by atoms with van der Waals surface area (Å²) in [5.74, 6) is 0. The van der Waals surface area contributed by atoms with E-state index in [-0.39, 0.29) is 5.02 Å². The van der Waals surface area contributed by atoms with E-state index in [9.17, 15) is 13.2 Å². The Morgan fingerprint density at radius 1 is 0.739 bits per heavy atom. The molecule has 0 radical (unpaired) electrons. The van der Waals surface area contributed by atoms with Gasteiger partial charge >= 0.3 is 6.18 Å². The first kappa shape index (κ1) is 19.7. The van der Waals surface area contributed by atoms with Gasteiger partial charge in [0.15, 0.2) is 0 Å². The maximum Gasteiger partial charge on any atom is 0.418 e.